The lowest BCUT2D eigenvalue weighted by atomic mass is 10.0. The first-order valence-corrected chi connectivity index (χ1v) is 10.5. The number of alkyl halides is 2. The van der Waals surface area contributed by atoms with E-state index in [2.05, 4.69) is 4.98 Å². The maximum Gasteiger partial charge on any atom is 0.265 e. The number of likely N-dealkylation sites (tertiary alicyclic amines) is 1. The van der Waals surface area contributed by atoms with Gasteiger partial charge < -0.3 is 14.6 Å². The molecule has 1 aliphatic heterocycles. The van der Waals surface area contributed by atoms with Crippen molar-refractivity contribution in [1.82, 2.24) is 9.88 Å². The van der Waals surface area contributed by atoms with Crippen LogP contribution in [0.5, 0.6) is 5.75 Å². The summed E-state index contributed by atoms with van der Waals surface area (Å²) in [5, 5.41) is 1.03. The van der Waals surface area contributed by atoms with Crippen LogP contribution >= 0.6 is 11.6 Å². The molecule has 5 nitrogen and oxygen atoms in total. The molecule has 0 bridgehead atoms. The monoisotopic (exact) mass is 464 g/mol. The third kappa shape index (κ3) is 4.46. The average Bonchev–Trinajstić information content (AvgIpc) is 2.73. The number of nitrogens with one attached hydrogen (secondary N) is 1. The van der Waals surface area contributed by atoms with Gasteiger partial charge in [0, 0.05) is 30.3 Å². The number of aromatic nitrogens is 1. The quantitative estimate of drug-likeness (QED) is 0.590. The normalized spacial score (nSPS) is 16.7. The van der Waals surface area contributed by atoms with Crippen molar-refractivity contribution >= 4 is 28.3 Å². The van der Waals surface area contributed by atoms with Gasteiger partial charge in [0.05, 0.1) is 17.0 Å². The molecule has 1 aromatic heterocycles. The van der Waals surface area contributed by atoms with Crippen LogP contribution in [0.15, 0.2) is 47.4 Å². The van der Waals surface area contributed by atoms with E-state index in [4.69, 9.17) is 16.3 Å². The molecule has 2 aromatic carbocycles. The summed E-state index contributed by atoms with van der Waals surface area (Å²) < 4.78 is 46.4. The second-order valence-electron chi connectivity index (χ2n) is 7.84. The molecule has 4 rings (SSSR count). The summed E-state index contributed by atoms with van der Waals surface area (Å²) in [4.78, 5) is 28.7. The van der Waals surface area contributed by atoms with Crippen molar-refractivity contribution in [1.29, 1.82) is 0 Å². The number of pyridine rings is 1. The molecule has 1 amide bonds. The summed E-state index contributed by atoms with van der Waals surface area (Å²) in [7, 11) is 0. The number of hydrogen-bond acceptors (Lipinski definition) is 3. The van der Waals surface area contributed by atoms with Crippen LogP contribution < -0.4 is 10.3 Å². The highest BCUT2D eigenvalue weighted by Gasteiger charge is 2.38. The lowest BCUT2D eigenvalue weighted by Gasteiger charge is -2.33. The molecule has 1 saturated heterocycles. The van der Waals surface area contributed by atoms with Crippen LogP contribution in [0.25, 0.3) is 21.9 Å². The Kier molecular flexibility index (Phi) is 5.90. The van der Waals surface area contributed by atoms with Gasteiger partial charge in [-0.2, -0.15) is 0 Å². The zero-order chi connectivity index (χ0) is 23.0. The van der Waals surface area contributed by atoms with Crippen LogP contribution in [-0.4, -0.2) is 40.9 Å². The first-order chi connectivity index (χ1) is 15.1. The Bertz CT molecular complexity index is 1240. The number of carbonyl (C=O) groups is 1. The Balaban J connectivity index is 1.62. The lowest BCUT2D eigenvalue weighted by molar-refractivity contribution is -0.148. The maximum absolute atomic E-state index is 13.6. The highest BCUT2D eigenvalue weighted by Crippen LogP contribution is 2.34. The van der Waals surface area contributed by atoms with E-state index in [1.165, 1.54) is 37.4 Å². The number of piperidine rings is 1. The van der Waals surface area contributed by atoms with Gasteiger partial charge in [-0.15, -0.1) is 0 Å². The van der Waals surface area contributed by atoms with Gasteiger partial charge in [-0.1, -0.05) is 11.6 Å². The largest absolute Gasteiger partial charge is 0.481 e. The van der Waals surface area contributed by atoms with E-state index in [9.17, 15) is 22.8 Å². The number of fused-ring (bicyclic) bond motifs is 1. The fourth-order valence-corrected chi connectivity index (χ4v) is 4.18. The summed E-state index contributed by atoms with van der Waals surface area (Å²) in [6.45, 7) is 1.11. The standard InChI is InChI=1S/C23H20ClF3N2O3/c1-13(22(31)29-8-2-7-23(26,27)12-29)32-15-4-6-16-18(10-15)21(30)28-11-19(16)17-5-3-14(25)9-20(17)24/h3-6,9-11,13H,2,7-8,12H2,1H3,(H,28,30)/t13-/m1/s1. The first kappa shape index (κ1) is 22.2. The molecule has 9 heteroatoms. The SMILES string of the molecule is C[C@@H](Oc1ccc2c(-c3ccc(F)cc3Cl)c[nH]c(=O)c2c1)C(=O)N1CCCC(F)(F)C1. The van der Waals surface area contributed by atoms with Crippen molar-refractivity contribution in [2.24, 2.45) is 0 Å². The second kappa shape index (κ2) is 8.50. The number of carbonyl (C=O) groups excluding carboxylic acids is 1. The Morgan fingerprint density at radius 2 is 1.97 bits per heavy atom. The van der Waals surface area contributed by atoms with Crippen molar-refractivity contribution in [2.75, 3.05) is 13.1 Å². The van der Waals surface area contributed by atoms with Crippen LogP contribution in [-0.2, 0) is 4.79 Å². The number of hydrogen-bond donors (Lipinski definition) is 1. The molecule has 0 spiro atoms. The van der Waals surface area contributed by atoms with Gasteiger partial charge in [-0.05, 0) is 55.1 Å². The topological polar surface area (TPSA) is 62.4 Å². The Morgan fingerprint density at radius 1 is 1.19 bits per heavy atom. The molecule has 1 fully saturated rings. The molecule has 2 heterocycles. The van der Waals surface area contributed by atoms with Gasteiger partial charge in [-0.3, -0.25) is 9.59 Å². The van der Waals surface area contributed by atoms with Crippen molar-refractivity contribution in [3.63, 3.8) is 0 Å². The number of rotatable bonds is 4. The fourth-order valence-electron chi connectivity index (χ4n) is 3.91. The summed E-state index contributed by atoms with van der Waals surface area (Å²) in [6, 6.07) is 8.67. The molecule has 1 aliphatic rings. The number of halogens is 4. The number of benzene rings is 2. The van der Waals surface area contributed by atoms with E-state index in [1.54, 1.807) is 12.1 Å². The van der Waals surface area contributed by atoms with E-state index >= 15 is 0 Å². The number of aromatic amines is 1. The van der Waals surface area contributed by atoms with Crippen LogP contribution in [0, 0.1) is 5.82 Å². The molecular weight excluding hydrogens is 445 g/mol. The number of nitrogens with zero attached hydrogens (tertiary/aromatic N) is 1. The number of ether oxygens (including phenoxy) is 1. The predicted molar refractivity (Wildman–Crippen MR) is 116 cm³/mol. The molecule has 0 radical (unpaired) electrons. The molecule has 0 aliphatic carbocycles. The maximum atomic E-state index is 13.6. The summed E-state index contributed by atoms with van der Waals surface area (Å²) >= 11 is 6.18. The molecule has 0 saturated carbocycles. The minimum absolute atomic E-state index is 0.191. The summed E-state index contributed by atoms with van der Waals surface area (Å²) in [6.07, 6.45) is 0.480. The highest BCUT2D eigenvalue weighted by atomic mass is 35.5. The predicted octanol–water partition coefficient (Wildman–Crippen LogP) is 5.01. The molecule has 168 valence electrons. The van der Waals surface area contributed by atoms with Gasteiger partial charge in [0.2, 0.25) is 0 Å². The second-order valence-corrected chi connectivity index (χ2v) is 8.25. The molecular formula is C23H20ClF3N2O3. The smallest absolute Gasteiger partial charge is 0.265 e. The summed E-state index contributed by atoms with van der Waals surface area (Å²) in [5.41, 5.74) is 0.746. The van der Waals surface area contributed by atoms with Crippen molar-refractivity contribution in [2.45, 2.75) is 31.8 Å². The minimum atomic E-state index is -2.90. The molecule has 32 heavy (non-hydrogen) atoms. The molecule has 3 aromatic rings. The van der Waals surface area contributed by atoms with Crippen molar-refractivity contribution < 1.29 is 22.7 Å². The van der Waals surface area contributed by atoms with Crippen LogP contribution in [0.1, 0.15) is 19.8 Å². The van der Waals surface area contributed by atoms with E-state index in [0.29, 0.717) is 16.5 Å². The fraction of sp³-hybridized carbons (Fsp3) is 0.304. The zero-order valence-corrected chi connectivity index (χ0v) is 17.9. The van der Waals surface area contributed by atoms with Gasteiger partial charge >= 0.3 is 0 Å². The lowest BCUT2D eigenvalue weighted by Crippen LogP contribution is -2.49. The van der Waals surface area contributed by atoms with Gasteiger partial charge in [-0.25, -0.2) is 13.2 Å². The third-order valence-corrected chi connectivity index (χ3v) is 5.77. The Morgan fingerprint density at radius 3 is 2.69 bits per heavy atom. The van der Waals surface area contributed by atoms with E-state index in [1.807, 2.05) is 0 Å². The molecule has 1 N–H and O–H groups in total. The number of amides is 1. The average molecular weight is 465 g/mol. The Labute approximate surface area is 186 Å². The molecule has 0 unspecified atom stereocenters. The van der Waals surface area contributed by atoms with Gasteiger partial charge in [0.15, 0.2) is 6.10 Å². The third-order valence-electron chi connectivity index (χ3n) is 5.46. The van der Waals surface area contributed by atoms with E-state index < -0.39 is 30.3 Å². The summed E-state index contributed by atoms with van der Waals surface area (Å²) in [5.74, 6) is -3.67. The van der Waals surface area contributed by atoms with Gasteiger partial charge in [0.25, 0.3) is 17.4 Å². The van der Waals surface area contributed by atoms with Crippen LogP contribution in [0.3, 0.4) is 0 Å². The van der Waals surface area contributed by atoms with Crippen molar-refractivity contribution in [3.05, 3.63) is 63.8 Å². The van der Waals surface area contributed by atoms with E-state index in [0.717, 1.165) is 4.90 Å². The Hall–Kier alpha value is -3.00. The van der Waals surface area contributed by atoms with Crippen LogP contribution in [0.4, 0.5) is 13.2 Å². The van der Waals surface area contributed by atoms with Gasteiger partial charge in [0.1, 0.15) is 11.6 Å². The van der Waals surface area contributed by atoms with E-state index in [-0.39, 0.29) is 41.1 Å². The number of H-pyrrole nitrogens is 1. The minimum Gasteiger partial charge on any atom is -0.481 e. The van der Waals surface area contributed by atoms with Crippen LogP contribution in [0.2, 0.25) is 5.02 Å². The first-order valence-electron chi connectivity index (χ1n) is 10.1. The molecule has 1 atom stereocenters. The highest BCUT2D eigenvalue weighted by molar-refractivity contribution is 6.33. The van der Waals surface area contributed by atoms with Crippen molar-refractivity contribution in [3.8, 4) is 16.9 Å². The zero-order valence-electron chi connectivity index (χ0n) is 17.1.